The lowest BCUT2D eigenvalue weighted by Gasteiger charge is -2.31. The second-order valence-electron chi connectivity index (χ2n) is 6.76. The molecule has 1 heterocycles. The van der Waals surface area contributed by atoms with Gasteiger partial charge in [0.05, 0.1) is 24.8 Å². The van der Waals surface area contributed by atoms with Crippen molar-refractivity contribution in [2.45, 2.75) is 4.90 Å². The molecule has 0 atom stereocenters. The molecule has 0 aliphatic carbocycles. The first-order valence-corrected chi connectivity index (χ1v) is 10.6. The maximum Gasteiger partial charge on any atom is 0.255 e. The molecule has 1 aliphatic heterocycles. The van der Waals surface area contributed by atoms with E-state index in [0.717, 1.165) is 0 Å². The Kier molecular flexibility index (Phi) is 6.41. The number of methoxy groups -OCH3 is 2. The third-order valence-corrected chi connectivity index (χ3v) is 6.75. The number of carbonyl (C=O) groups is 1. The first-order valence-electron chi connectivity index (χ1n) is 9.17. The predicted octanol–water partition coefficient (Wildman–Crippen LogP) is 1.89. The van der Waals surface area contributed by atoms with Gasteiger partial charge in [0.1, 0.15) is 11.5 Å². The minimum atomic E-state index is -3.66. The molecule has 1 fully saturated rings. The van der Waals surface area contributed by atoms with Crippen LogP contribution in [0.2, 0.25) is 0 Å². The number of nitrogens with zero attached hydrogens (tertiary/aromatic N) is 2. The Morgan fingerprint density at radius 2 is 1.72 bits per heavy atom. The first kappa shape index (κ1) is 21.1. The highest BCUT2D eigenvalue weighted by atomic mass is 32.2. The summed E-state index contributed by atoms with van der Waals surface area (Å²) in [5, 5.41) is 2.76. The topological polar surface area (TPSA) is 88.2 Å². The number of hydrogen-bond acceptors (Lipinski definition) is 6. The van der Waals surface area contributed by atoms with Gasteiger partial charge in [0, 0.05) is 37.8 Å². The number of nitrogens with one attached hydrogen (secondary N) is 1. The minimum absolute atomic E-state index is 0.104. The fourth-order valence-electron chi connectivity index (χ4n) is 3.08. The lowest BCUT2D eigenvalue weighted by atomic mass is 10.2. The summed E-state index contributed by atoms with van der Waals surface area (Å²) >= 11 is 0. The lowest BCUT2D eigenvalue weighted by molar-refractivity contribution is 0.102. The van der Waals surface area contributed by atoms with Gasteiger partial charge in [-0.25, -0.2) is 8.42 Å². The van der Waals surface area contributed by atoms with Gasteiger partial charge >= 0.3 is 0 Å². The molecular weight excluding hydrogens is 394 g/mol. The molecule has 9 heteroatoms. The van der Waals surface area contributed by atoms with Crippen LogP contribution in [0, 0.1) is 0 Å². The van der Waals surface area contributed by atoms with Crippen LogP contribution in [0.4, 0.5) is 5.69 Å². The zero-order chi connectivity index (χ0) is 21.0. The van der Waals surface area contributed by atoms with E-state index in [1.807, 2.05) is 7.05 Å². The van der Waals surface area contributed by atoms with Gasteiger partial charge in [-0.3, -0.25) is 4.79 Å². The third-order valence-electron chi connectivity index (χ3n) is 4.85. The molecule has 3 rings (SSSR count). The van der Waals surface area contributed by atoms with Gasteiger partial charge in [-0.1, -0.05) is 6.07 Å². The summed E-state index contributed by atoms with van der Waals surface area (Å²) in [6.45, 7) is 2.20. The van der Waals surface area contributed by atoms with Crippen molar-refractivity contribution in [2.75, 3.05) is 52.8 Å². The van der Waals surface area contributed by atoms with Crippen molar-refractivity contribution in [2.24, 2.45) is 0 Å². The summed E-state index contributed by atoms with van der Waals surface area (Å²) in [4.78, 5) is 14.9. The van der Waals surface area contributed by atoms with E-state index in [-0.39, 0.29) is 10.5 Å². The van der Waals surface area contributed by atoms with Gasteiger partial charge in [0.15, 0.2) is 0 Å². The van der Waals surface area contributed by atoms with Crippen LogP contribution in [-0.4, -0.2) is 71.0 Å². The van der Waals surface area contributed by atoms with Gasteiger partial charge in [-0.15, -0.1) is 0 Å². The van der Waals surface area contributed by atoms with Crippen molar-refractivity contribution in [1.29, 1.82) is 0 Å². The zero-order valence-electron chi connectivity index (χ0n) is 16.7. The Labute approximate surface area is 171 Å². The van der Waals surface area contributed by atoms with E-state index >= 15 is 0 Å². The molecule has 1 amide bonds. The van der Waals surface area contributed by atoms with Crippen LogP contribution in [0.5, 0.6) is 11.5 Å². The maximum atomic E-state index is 13.0. The van der Waals surface area contributed by atoms with E-state index in [1.54, 1.807) is 30.3 Å². The van der Waals surface area contributed by atoms with E-state index in [0.29, 0.717) is 43.4 Å². The molecule has 1 N–H and O–H groups in total. The maximum absolute atomic E-state index is 13.0. The number of piperazine rings is 1. The first-order chi connectivity index (χ1) is 13.8. The third kappa shape index (κ3) is 4.69. The molecule has 2 aromatic rings. The summed E-state index contributed by atoms with van der Waals surface area (Å²) < 4.78 is 37.8. The van der Waals surface area contributed by atoms with Crippen LogP contribution >= 0.6 is 0 Å². The average Bonchev–Trinajstić information content (AvgIpc) is 2.74. The molecule has 2 aromatic carbocycles. The number of hydrogen-bond donors (Lipinski definition) is 1. The zero-order valence-corrected chi connectivity index (χ0v) is 17.5. The molecule has 8 nitrogen and oxygen atoms in total. The van der Waals surface area contributed by atoms with Crippen LogP contribution in [0.15, 0.2) is 47.4 Å². The molecule has 0 radical (unpaired) electrons. The number of benzene rings is 2. The SMILES string of the molecule is COc1ccc(OC)c(NC(=O)c2cccc(S(=O)(=O)N3CCN(C)CC3)c2)c1. The molecule has 1 aliphatic rings. The number of sulfonamides is 1. The Balaban J connectivity index is 1.83. The predicted molar refractivity (Wildman–Crippen MR) is 110 cm³/mol. The Morgan fingerprint density at radius 1 is 1.00 bits per heavy atom. The lowest BCUT2D eigenvalue weighted by Crippen LogP contribution is -2.47. The number of ether oxygens (including phenoxy) is 2. The average molecular weight is 420 g/mol. The van der Waals surface area contributed by atoms with E-state index in [2.05, 4.69) is 10.2 Å². The monoisotopic (exact) mass is 419 g/mol. The van der Waals surface area contributed by atoms with Gasteiger partial charge in [0.2, 0.25) is 10.0 Å². The fraction of sp³-hybridized carbons (Fsp3) is 0.350. The van der Waals surface area contributed by atoms with E-state index < -0.39 is 15.9 Å². The van der Waals surface area contributed by atoms with E-state index in [1.165, 1.54) is 30.7 Å². The summed E-state index contributed by atoms with van der Waals surface area (Å²) in [6, 6.07) is 11.1. The van der Waals surface area contributed by atoms with Crippen LogP contribution in [0.3, 0.4) is 0 Å². The Morgan fingerprint density at radius 3 is 2.38 bits per heavy atom. The largest absolute Gasteiger partial charge is 0.497 e. The Hall–Kier alpha value is -2.62. The fourth-order valence-corrected chi connectivity index (χ4v) is 4.55. The van der Waals surface area contributed by atoms with Crippen molar-refractivity contribution < 1.29 is 22.7 Å². The van der Waals surface area contributed by atoms with Crippen molar-refractivity contribution in [3.05, 3.63) is 48.0 Å². The molecule has 0 aromatic heterocycles. The Bertz CT molecular complexity index is 985. The quantitative estimate of drug-likeness (QED) is 0.769. The highest BCUT2D eigenvalue weighted by molar-refractivity contribution is 7.89. The van der Waals surface area contributed by atoms with E-state index in [9.17, 15) is 13.2 Å². The number of amides is 1. The number of rotatable bonds is 6. The smallest absolute Gasteiger partial charge is 0.255 e. The van der Waals surface area contributed by atoms with Crippen LogP contribution in [-0.2, 0) is 10.0 Å². The van der Waals surface area contributed by atoms with Crippen molar-refractivity contribution in [3.8, 4) is 11.5 Å². The molecule has 156 valence electrons. The summed E-state index contributed by atoms with van der Waals surface area (Å²) in [5.74, 6) is 0.597. The molecular formula is C20H25N3O5S. The minimum Gasteiger partial charge on any atom is -0.497 e. The normalized spacial score (nSPS) is 15.7. The number of carbonyl (C=O) groups excluding carboxylic acids is 1. The summed E-state index contributed by atoms with van der Waals surface area (Å²) in [6.07, 6.45) is 0. The molecule has 0 saturated carbocycles. The van der Waals surface area contributed by atoms with Crippen LogP contribution in [0.25, 0.3) is 0 Å². The van der Waals surface area contributed by atoms with Gasteiger partial charge < -0.3 is 19.7 Å². The van der Waals surface area contributed by atoms with E-state index in [4.69, 9.17) is 9.47 Å². The second kappa shape index (κ2) is 8.81. The van der Waals surface area contributed by atoms with Gasteiger partial charge in [0.25, 0.3) is 5.91 Å². The van der Waals surface area contributed by atoms with Crippen LogP contribution < -0.4 is 14.8 Å². The second-order valence-corrected chi connectivity index (χ2v) is 8.69. The molecule has 0 spiro atoms. The molecule has 1 saturated heterocycles. The van der Waals surface area contributed by atoms with Gasteiger partial charge in [-0.05, 0) is 37.4 Å². The summed E-state index contributed by atoms with van der Waals surface area (Å²) in [5.41, 5.74) is 0.675. The number of anilines is 1. The van der Waals surface area contributed by atoms with Gasteiger partial charge in [-0.2, -0.15) is 4.31 Å². The molecule has 0 bridgehead atoms. The standard InChI is InChI=1S/C20H25N3O5S/c1-22-9-11-23(12-10-22)29(25,26)17-6-4-5-15(13-17)20(24)21-18-14-16(27-2)7-8-19(18)28-3/h4-8,13-14H,9-12H2,1-3H3,(H,21,24). The van der Waals surface area contributed by atoms with Crippen molar-refractivity contribution >= 4 is 21.6 Å². The summed E-state index contributed by atoms with van der Waals surface area (Å²) in [7, 11) is 1.33. The highest BCUT2D eigenvalue weighted by Crippen LogP contribution is 2.29. The van der Waals surface area contributed by atoms with Crippen LogP contribution in [0.1, 0.15) is 10.4 Å². The van der Waals surface area contributed by atoms with Crippen molar-refractivity contribution in [3.63, 3.8) is 0 Å². The molecule has 0 unspecified atom stereocenters. The number of likely N-dealkylation sites (N-methyl/N-ethyl adjacent to an activating group) is 1. The highest BCUT2D eigenvalue weighted by Gasteiger charge is 2.28. The van der Waals surface area contributed by atoms with Crippen molar-refractivity contribution in [1.82, 2.24) is 9.21 Å². The molecule has 29 heavy (non-hydrogen) atoms.